The summed E-state index contributed by atoms with van der Waals surface area (Å²) in [5, 5.41) is 0. The molecule has 1 heterocycles. The normalized spacial score (nSPS) is 13.0. The van der Waals surface area contributed by atoms with E-state index in [4.69, 9.17) is 9.98 Å². The molecule has 0 spiro atoms. The number of benzene rings is 2. The van der Waals surface area contributed by atoms with E-state index in [1.54, 1.807) is 11.3 Å². The molecule has 0 saturated carbocycles. The fourth-order valence-corrected chi connectivity index (χ4v) is 4.50. The van der Waals surface area contributed by atoms with Gasteiger partial charge in [0.25, 0.3) is 0 Å². The van der Waals surface area contributed by atoms with Gasteiger partial charge in [0.15, 0.2) is 0 Å². The Morgan fingerprint density at radius 2 is 0.971 bits per heavy atom. The molecule has 0 aliphatic heterocycles. The maximum absolute atomic E-state index is 4.99. The first kappa shape index (κ1) is 29.2. The van der Waals surface area contributed by atoms with Gasteiger partial charge in [0.05, 0.1) is 22.8 Å². The molecule has 2 aromatic carbocycles. The summed E-state index contributed by atoms with van der Waals surface area (Å²) < 4.78 is 0. The predicted molar refractivity (Wildman–Crippen MR) is 156 cm³/mol. The number of hydrogen-bond donors (Lipinski definition) is 0. The van der Waals surface area contributed by atoms with Crippen LogP contribution in [0.1, 0.15) is 76.3 Å². The van der Waals surface area contributed by atoms with Gasteiger partial charge in [-0.15, -0.1) is 11.3 Å². The van der Waals surface area contributed by atoms with Crippen molar-refractivity contribution in [3.05, 3.63) is 81.5 Å². The molecule has 3 rings (SSSR count). The molecule has 6 heteroatoms. The van der Waals surface area contributed by atoms with Gasteiger partial charge in [-0.2, -0.15) is 0 Å². The molecular weight excluding hydrogens is 612 g/mol. The second-order valence-electron chi connectivity index (χ2n) is 10.1. The van der Waals surface area contributed by atoms with Gasteiger partial charge in [-0.3, -0.25) is 9.98 Å². The molecule has 0 bridgehead atoms. The minimum absolute atomic E-state index is 0.0602. The van der Waals surface area contributed by atoms with E-state index in [0.29, 0.717) is 0 Å². The average molecular weight is 646 g/mol. The van der Waals surface area contributed by atoms with Gasteiger partial charge in [-0.25, -0.2) is 0 Å². The molecule has 0 unspecified atom stereocenters. The van der Waals surface area contributed by atoms with Crippen molar-refractivity contribution in [3.63, 3.8) is 0 Å². The molecule has 0 aliphatic rings. The Labute approximate surface area is 230 Å². The Kier molecular flexibility index (Phi) is 11.0. The van der Waals surface area contributed by atoms with Crippen molar-refractivity contribution in [2.45, 2.75) is 66.2 Å². The first-order chi connectivity index (χ1) is 15.9. The third-order valence-corrected chi connectivity index (χ3v) is 6.62. The second-order valence-corrected chi connectivity index (χ2v) is 16.8. The number of nitrogens with zero attached hydrogens (tertiary/aromatic N) is 2. The van der Waals surface area contributed by atoms with Crippen LogP contribution in [0.5, 0.6) is 0 Å². The zero-order valence-corrected chi connectivity index (χ0v) is 26.3. The van der Waals surface area contributed by atoms with Crippen molar-refractivity contribution in [2.24, 2.45) is 9.98 Å². The SMILES string of the molecule is CC(=Nc1ccccc1C(C)(C)C)c1ccc(C(C)=Nc2ccccc2C(C)(C)C)s1.[Br][Fe][Br]. The van der Waals surface area contributed by atoms with Crippen LogP contribution in [0.4, 0.5) is 11.4 Å². The summed E-state index contributed by atoms with van der Waals surface area (Å²) >= 11 is 8.75. The van der Waals surface area contributed by atoms with Gasteiger partial charge in [0.2, 0.25) is 0 Å². The van der Waals surface area contributed by atoms with Crippen molar-refractivity contribution in [1.29, 1.82) is 0 Å². The minimum atomic E-state index is 0.0602. The molecule has 0 aliphatic carbocycles. The van der Waals surface area contributed by atoms with Crippen LogP contribution in [0.3, 0.4) is 0 Å². The Morgan fingerprint density at radius 1 is 0.647 bits per heavy atom. The average Bonchev–Trinajstić information content (AvgIpc) is 3.24. The van der Waals surface area contributed by atoms with Gasteiger partial charge in [0, 0.05) is 9.75 Å². The summed E-state index contributed by atoms with van der Waals surface area (Å²) in [6.07, 6.45) is 0. The Balaban J connectivity index is 0.00000129. The fraction of sp³-hybridized carbons (Fsp3) is 0.357. The molecule has 3 aromatic rings. The molecule has 2 nitrogen and oxygen atoms in total. The molecule has 0 fully saturated rings. The van der Waals surface area contributed by atoms with Gasteiger partial charge in [0.1, 0.15) is 0 Å². The number of thiophene rings is 1. The van der Waals surface area contributed by atoms with Crippen molar-refractivity contribution < 1.29 is 11.3 Å². The molecule has 0 radical (unpaired) electrons. The third kappa shape index (κ3) is 8.27. The number of halogens is 2. The van der Waals surface area contributed by atoms with Gasteiger partial charge in [-0.1, -0.05) is 77.9 Å². The van der Waals surface area contributed by atoms with E-state index in [0.717, 1.165) is 34.1 Å². The van der Waals surface area contributed by atoms with E-state index in [1.807, 2.05) is 0 Å². The summed E-state index contributed by atoms with van der Waals surface area (Å²) in [6.45, 7) is 17.6. The van der Waals surface area contributed by atoms with E-state index in [2.05, 4.69) is 144 Å². The zero-order chi connectivity index (χ0) is 25.5. The Morgan fingerprint density at radius 3 is 1.29 bits per heavy atom. The van der Waals surface area contributed by atoms with Crippen LogP contribution < -0.4 is 0 Å². The van der Waals surface area contributed by atoms with E-state index in [-0.39, 0.29) is 10.8 Å². The van der Waals surface area contributed by atoms with E-state index in [1.165, 1.54) is 20.9 Å². The summed E-state index contributed by atoms with van der Waals surface area (Å²) in [5.74, 6) is 0. The van der Waals surface area contributed by atoms with Crippen LogP contribution >= 0.6 is 39.6 Å². The van der Waals surface area contributed by atoms with Crippen LogP contribution in [0.2, 0.25) is 0 Å². The fourth-order valence-electron chi connectivity index (χ4n) is 3.61. The van der Waals surface area contributed by atoms with Crippen LogP contribution in [-0.2, 0) is 22.2 Å². The summed E-state index contributed by atoms with van der Waals surface area (Å²) in [4.78, 5) is 12.3. The first-order valence-corrected chi connectivity index (χ1v) is 17.4. The maximum atomic E-state index is 4.99. The first-order valence-electron chi connectivity index (χ1n) is 11.1. The Hall–Kier alpha value is -1.04. The molecule has 0 N–H and O–H groups in total. The van der Waals surface area contributed by atoms with E-state index < -0.39 is 0 Å². The number of aliphatic imine (C=N–C) groups is 2. The van der Waals surface area contributed by atoms with Crippen molar-refractivity contribution in [2.75, 3.05) is 0 Å². The third-order valence-electron chi connectivity index (χ3n) is 5.32. The quantitative estimate of drug-likeness (QED) is 0.199. The number of rotatable bonds is 4. The molecule has 0 atom stereocenters. The summed E-state index contributed by atoms with van der Waals surface area (Å²) in [5.41, 5.74) is 6.82. The van der Waals surface area contributed by atoms with Crippen molar-refractivity contribution >= 4 is 62.4 Å². The predicted octanol–water partition coefficient (Wildman–Crippen LogP) is 10.3. The van der Waals surface area contributed by atoms with Gasteiger partial charge >= 0.3 is 39.6 Å². The van der Waals surface area contributed by atoms with Crippen LogP contribution in [-0.4, -0.2) is 11.4 Å². The summed E-state index contributed by atoms with van der Waals surface area (Å²) in [7, 11) is 0. The van der Waals surface area contributed by atoms with Crippen molar-refractivity contribution in [1.82, 2.24) is 0 Å². The zero-order valence-electron chi connectivity index (χ0n) is 21.2. The topological polar surface area (TPSA) is 24.7 Å². The van der Waals surface area contributed by atoms with Crippen LogP contribution in [0, 0.1) is 0 Å². The molecule has 34 heavy (non-hydrogen) atoms. The van der Waals surface area contributed by atoms with E-state index in [9.17, 15) is 0 Å². The Bertz CT molecular complexity index is 1060. The van der Waals surface area contributed by atoms with Gasteiger partial charge in [-0.05, 0) is 60.1 Å². The van der Waals surface area contributed by atoms with Gasteiger partial charge < -0.3 is 0 Å². The molecule has 0 saturated heterocycles. The molecule has 184 valence electrons. The monoisotopic (exact) mass is 644 g/mol. The van der Waals surface area contributed by atoms with E-state index >= 15 is 0 Å². The molecule has 0 amide bonds. The van der Waals surface area contributed by atoms with Crippen molar-refractivity contribution in [3.8, 4) is 0 Å². The summed E-state index contributed by atoms with van der Waals surface area (Å²) in [6, 6.07) is 21.2. The molecule has 1 aromatic heterocycles. The van der Waals surface area contributed by atoms with Crippen LogP contribution in [0.15, 0.2) is 70.6 Å². The number of para-hydroxylation sites is 2. The molecular formula is C28H34Br2FeN2S. The second kappa shape index (κ2) is 12.8. The standard InChI is InChI=1S/C28H34N2S.2BrH.Fe/c1-19(29-23-15-11-9-13-21(23)27(3,4)5)25-17-18-26(31-25)20(2)30-24-16-12-10-14-22(24)28(6,7)8;;;/h9-18H,1-8H3;2*1H;/q;;;+2/p-2. The van der Waals surface area contributed by atoms with Crippen LogP contribution in [0.25, 0.3) is 0 Å². The number of hydrogen-bond acceptors (Lipinski definition) is 3.